The molecule has 0 bridgehead atoms. The molecule has 2 aromatic carbocycles. The van der Waals surface area contributed by atoms with Gasteiger partial charge in [-0.15, -0.1) is 0 Å². The minimum atomic E-state index is -0.753. The summed E-state index contributed by atoms with van der Waals surface area (Å²) in [5.41, 5.74) is 5.07. The molecule has 5 rings (SSSR count). The molecule has 0 heterocycles. The molecule has 3 aliphatic rings. The fourth-order valence-corrected chi connectivity index (χ4v) is 4.91. The molecule has 3 aliphatic carbocycles. The van der Waals surface area contributed by atoms with Gasteiger partial charge in [0, 0.05) is 31.4 Å². The molecule has 0 fully saturated rings. The number of benzene rings is 2. The maximum atomic E-state index is 12.7. The number of methoxy groups -OCH3 is 1. The summed E-state index contributed by atoms with van der Waals surface area (Å²) in [5, 5.41) is 31.5. The number of allylic oxidation sites excluding steroid dienone is 1. The van der Waals surface area contributed by atoms with Crippen molar-refractivity contribution in [2.45, 2.75) is 31.0 Å². The van der Waals surface area contributed by atoms with Crippen LogP contribution in [0.5, 0.6) is 11.5 Å². The topological polar surface area (TPSA) is 87.0 Å². The van der Waals surface area contributed by atoms with E-state index >= 15 is 0 Å². The van der Waals surface area contributed by atoms with Crippen LogP contribution in [-0.2, 0) is 4.74 Å². The largest absolute Gasteiger partial charge is 0.508 e. The van der Waals surface area contributed by atoms with Gasteiger partial charge in [0.25, 0.3) is 0 Å². The van der Waals surface area contributed by atoms with Crippen LogP contribution < -0.4 is 0 Å². The number of Topliss-reactive ketones (excluding diaryl/α,β-unsaturated/α-hetero) is 1. The standard InChI is InChI=1S/C21H18O5/c1-26-16-8-15(25)21-17-10-3-2-4-12(22)18(10)14(24)7-11(17)9-5-6-13(23)20(16)19(9)21/h2-6,11,15-16,22-23,25H,7-8H2,1H3/t11-,15+,16-/m1/s1. The van der Waals surface area contributed by atoms with Crippen LogP contribution >= 0.6 is 0 Å². The van der Waals surface area contributed by atoms with Crippen LogP contribution in [0.3, 0.4) is 0 Å². The second kappa shape index (κ2) is 5.19. The Morgan fingerprint density at radius 2 is 1.85 bits per heavy atom. The molecule has 132 valence electrons. The summed E-state index contributed by atoms with van der Waals surface area (Å²) >= 11 is 0. The number of phenolic OH excluding ortho intramolecular Hbond substituents is 2. The zero-order chi connectivity index (χ0) is 18.2. The zero-order valence-corrected chi connectivity index (χ0v) is 14.2. The van der Waals surface area contributed by atoms with Gasteiger partial charge in [0.05, 0.1) is 17.8 Å². The summed E-state index contributed by atoms with van der Waals surface area (Å²) in [6.45, 7) is 0. The Balaban J connectivity index is 1.88. The molecule has 0 radical (unpaired) electrons. The predicted octanol–water partition coefficient (Wildman–Crippen LogP) is 3.14. The van der Waals surface area contributed by atoms with Crippen molar-refractivity contribution in [1.82, 2.24) is 0 Å². The summed E-state index contributed by atoms with van der Waals surface area (Å²) in [5.74, 6) is -0.169. The number of carbonyl (C=O) groups is 1. The molecule has 0 saturated heterocycles. The van der Waals surface area contributed by atoms with E-state index in [1.165, 1.54) is 6.07 Å². The van der Waals surface area contributed by atoms with Gasteiger partial charge in [-0.2, -0.15) is 0 Å². The number of ketones is 1. The summed E-state index contributed by atoms with van der Waals surface area (Å²) in [4.78, 5) is 12.7. The molecule has 26 heavy (non-hydrogen) atoms. The molecule has 0 unspecified atom stereocenters. The SMILES string of the molecule is CO[C@@H]1C[C@H](O)C2=C3c4cccc(O)c4C(=O)C[C@@H]3c3ccc(O)c1c32. The van der Waals surface area contributed by atoms with Crippen molar-refractivity contribution in [3.05, 3.63) is 58.1 Å². The lowest BCUT2D eigenvalue weighted by atomic mass is 9.77. The molecule has 0 aromatic heterocycles. The number of ether oxygens (including phenoxy) is 1. The minimum absolute atomic E-state index is 0.0295. The molecule has 2 aromatic rings. The monoisotopic (exact) mass is 350 g/mol. The molecule has 5 heteroatoms. The van der Waals surface area contributed by atoms with Gasteiger partial charge >= 0.3 is 0 Å². The lowest BCUT2D eigenvalue weighted by Gasteiger charge is -2.31. The van der Waals surface area contributed by atoms with Gasteiger partial charge < -0.3 is 20.1 Å². The number of rotatable bonds is 1. The zero-order valence-electron chi connectivity index (χ0n) is 14.2. The molecular formula is C21H18O5. The van der Waals surface area contributed by atoms with Crippen LogP contribution in [0.1, 0.15) is 57.5 Å². The Hall–Kier alpha value is -2.63. The molecule has 0 saturated carbocycles. The summed E-state index contributed by atoms with van der Waals surface area (Å²) < 4.78 is 5.51. The average Bonchev–Trinajstić information content (AvgIpc) is 2.95. The highest BCUT2D eigenvalue weighted by atomic mass is 16.5. The van der Waals surface area contributed by atoms with Crippen molar-refractivity contribution in [2.75, 3.05) is 7.11 Å². The Morgan fingerprint density at radius 1 is 1.04 bits per heavy atom. The Bertz CT molecular complexity index is 1000. The highest BCUT2D eigenvalue weighted by Gasteiger charge is 2.46. The van der Waals surface area contributed by atoms with Gasteiger partial charge in [0.15, 0.2) is 5.78 Å². The summed E-state index contributed by atoms with van der Waals surface area (Å²) in [6.07, 6.45) is -0.570. The van der Waals surface area contributed by atoms with Gasteiger partial charge in [-0.25, -0.2) is 0 Å². The van der Waals surface area contributed by atoms with Crippen molar-refractivity contribution in [3.63, 3.8) is 0 Å². The number of hydrogen-bond donors (Lipinski definition) is 3. The molecule has 0 amide bonds. The van der Waals surface area contributed by atoms with E-state index in [-0.39, 0.29) is 29.6 Å². The normalized spacial score (nSPS) is 25.8. The van der Waals surface area contributed by atoms with Crippen LogP contribution in [0.25, 0.3) is 11.1 Å². The lowest BCUT2D eigenvalue weighted by molar-refractivity contribution is 0.0555. The van der Waals surface area contributed by atoms with Crippen LogP contribution in [0.4, 0.5) is 0 Å². The average molecular weight is 350 g/mol. The van der Waals surface area contributed by atoms with E-state index in [1.807, 2.05) is 12.1 Å². The van der Waals surface area contributed by atoms with Gasteiger partial charge in [-0.1, -0.05) is 18.2 Å². The number of aliphatic hydroxyl groups excluding tert-OH is 1. The Morgan fingerprint density at radius 3 is 2.62 bits per heavy atom. The van der Waals surface area contributed by atoms with Crippen molar-refractivity contribution >= 4 is 16.9 Å². The minimum Gasteiger partial charge on any atom is -0.508 e. The van der Waals surface area contributed by atoms with E-state index in [4.69, 9.17) is 4.74 Å². The molecule has 5 nitrogen and oxygen atoms in total. The van der Waals surface area contributed by atoms with Crippen LogP contribution in [0.2, 0.25) is 0 Å². The fourth-order valence-electron chi connectivity index (χ4n) is 4.91. The van der Waals surface area contributed by atoms with Crippen molar-refractivity contribution in [3.8, 4) is 11.5 Å². The number of fused-ring (bicyclic) bond motifs is 4. The number of aromatic hydroxyl groups is 2. The highest BCUT2D eigenvalue weighted by Crippen LogP contribution is 2.59. The molecule has 3 atom stereocenters. The van der Waals surface area contributed by atoms with Gasteiger partial charge in [0.1, 0.15) is 11.5 Å². The van der Waals surface area contributed by atoms with Gasteiger partial charge in [-0.05, 0) is 40.0 Å². The van der Waals surface area contributed by atoms with E-state index in [0.717, 1.165) is 22.3 Å². The maximum absolute atomic E-state index is 12.7. The third-order valence-corrected chi connectivity index (χ3v) is 5.92. The van der Waals surface area contributed by atoms with Gasteiger partial charge in [0.2, 0.25) is 0 Å². The lowest BCUT2D eigenvalue weighted by Crippen LogP contribution is -2.23. The first-order chi connectivity index (χ1) is 12.5. The molecular weight excluding hydrogens is 332 g/mol. The van der Waals surface area contributed by atoms with Gasteiger partial charge in [-0.3, -0.25) is 4.79 Å². The number of aliphatic hydroxyl groups is 1. The molecule has 0 spiro atoms. The third-order valence-electron chi connectivity index (χ3n) is 5.92. The first-order valence-electron chi connectivity index (χ1n) is 8.69. The van der Waals surface area contributed by atoms with E-state index in [1.54, 1.807) is 19.2 Å². The van der Waals surface area contributed by atoms with Crippen LogP contribution in [0, 0.1) is 0 Å². The second-order valence-electron chi connectivity index (χ2n) is 7.15. The first-order valence-corrected chi connectivity index (χ1v) is 8.69. The van der Waals surface area contributed by atoms with Crippen molar-refractivity contribution in [1.29, 1.82) is 0 Å². The number of phenols is 2. The van der Waals surface area contributed by atoms with E-state index in [2.05, 4.69) is 0 Å². The van der Waals surface area contributed by atoms with Crippen LogP contribution in [-0.4, -0.2) is 34.3 Å². The highest BCUT2D eigenvalue weighted by molar-refractivity contribution is 6.14. The van der Waals surface area contributed by atoms with Crippen LogP contribution in [0.15, 0.2) is 30.3 Å². The third kappa shape index (κ3) is 1.79. The Labute approximate surface area is 150 Å². The smallest absolute Gasteiger partial charge is 0.168 e. The molecule has 0 aliphatic heterocycles. The maximum Gasteiger partial charge on any atom is 0.168 e. The van der Waals surface area contributed by atoms with Crippen molar-refractivity contribution < 1.29 is 24.9 Å². The van der Waals surface area contributed by atoms with Crippen molar-refractivity contribution in [2.24, 2.45) is 0 Å². The quantitative estimate of drug-likeness (QED) is 0.735. The van der Waals surface area contributed by atoms with E-state index in [9.17, 15) is 20.1 Å². The predicted molar refractivity (Wildman–Crippen MR) is 95.1 cm³/mol. The summed E-state index contributed by atoms with van der Waals surface area (Å²) in [6, 6.07) is 8.52. The number of carbonyl (C=O) groups excluding carboxylic acids is 1. The molecule has 3 N–H and O–H groups in total. The summed E-state index contributed by atoms with van der Waals surface area (Å²) in [7, 11) is 1.56. The Kier molecular flexibility index (Phi) is 3.12. The van der Waals surface area contributed by atoms with E-state index < -0.39 is 12.2 Å². The second-order valence-corrected chi connectivity index (χ2v) is 7.15. The van der Waals surface area contributed by atoms with E-state index in [0.29, 0.717) is 23.1 Å². The number of hydrogen-bond acceptors (Lipinski definition) is 5. The fraction of sp³-hybridized carbons (Fsp3) is 0.286. The first kappa shape index (κ1) is 15.6.